The summed E-state index contributed by atoms with van der Waals surface area (Å²) in [6.45, 7) is 19.8. The number of nitrogens with one attached hydrogen (secondary N) is 2. The maximum absolute atomic E-state index is 4.84. The Kier molecular flexibility index (Phi) is 10.7. The lowest BCUT2D eigenvalue weighted by atomic mass is 9.98. The molecule has 0 saturated carbocycles. The monoisotopic (exact) mass is 511 g/mol. The van der Waals surface area contributed by atoms with Gasteiger partial charge >= 0.3 is 0 Å². The highest BCUT2D eigenvalue weighted by Gasteiger charge is 2.14. The normalized spacial score (nSPS) is 14.4. The molecule has 1 saturated heterocycles. The van der Waals surface area contributed by atoms with Crippen molar-refractivity contribution in [1.29, 1.82) is 0 Å². The van der Waals surface area contributed by atoms with Crippen LogP contribution < -0.4 is 26.1 Å². The molecule has 1 aliphatic heterocycles. The van der Waals surface area contributed by atoms with E-state index >= 15 is 0 Å². The Hall–Kier alpha value is -3.84. The summed E-state index contributed by atoms with van der Waals surface area (Å²) in [5.74, 6) is 1.37. The number of piperazine rings is 1. The number of hydrogen-bond donors (Lipinski definition) is 2. The van der Waals surface area contributed by atoms with Gasteiger partial charge in [0.2, 0.25) is 5.95 Å². The topological polar surface area (TPSA) is 77.8 Å². The molecular weight excluding hydrogens is 470 g/mol. The second-order valence-corrected chi connectivity index (χ2v) is 8.97. The van der Waals surface area contributed by atoms with E-state index in [1.165, 1.54) is 22.3 Å². The molecule has 2 aromatic carbocycles. The molecule has 0 amide bonds. The van der Waals surface area contributed by atoms with Gasteiger partial charge in [-0.15, -0.1) is 0 Å². The molecule has 0 atom stereocenters. The van der Waals surface area contributed by atoms with Crippen LogP contribution in [0.25, 0.3) is 12.4 Å². The fourth-order valence-corrected chi connectivity index (χ4v) is 4.27. The zero-order valence-corrected chi connectivity index (χ0v) is 23.7. The van der Waals surface area contributed by atoms with Gasteiger partial charge in [0.15, 0.2) is 5.82 Å². The second-order valence-electron chi connectivity index (χ2n) is 8.97. The van der Waals surface area contributed by atoms with Gasteiger partial charge in [-0.1, -0.05) is 38.6 Å². The maximum atomic E-state index is 4.84. The molecule has 0 unspecified atom stereocenters. The first kappa shape index (κ1) is 28.7. The van der Waals surface area contributed by atoms with Crippen LogP contribution >= 0.6 is 0 Å². The summed E-state index contributed by atoms with van der Waals surface area (Å²) in [5.41, 5.74) is 6.89. The third-order valence-electron chi connectivity index (χ3n) is 6.28. The van der Waals surface area contributed by atoms with Gasteiger partial charge in [-0.3, -0.25) is 4.99 Å². The molecule has 7 nitrogen and oxygen atoms in total. The van der Waals surface area contributed by atoms with Gasteiger partial charge in [-0.2, -0.15) is 0 Å². The number of aryl methyl sites for hydroxylation is 2. The van der Waals surface area contributed by atoms with Crippen LogP contribution in [-0.2, 0) is 6.42 Å². The van der Waals surface area contributed by atoms with Gasteiger partial charge in [0, 0.05) is 55.7 Å². The van der Waals surface area contributed by atoms with Crippen LogP contribution in [0.1, 0.15) is 49.9 Å². The highest BCUT2D eigenvalue weighted by Crippen LogP contribution is 2.24. The van der Waals surface area contributed by atoms with Crippen molar-refractivity contribution in [2.75, 3.05) is 36.4 Å². The minimum absolute atomic E-state index is 0.661. The third-order valence-corrected chi connectivity index (χ3v) is 6.28. The first-order chi connectivity index (χ1) is 18.5. The second kappa shape index (κ2) is 14.2. The summed E-state index contributed by atoms with van der Waals surface area (Å²) in [6.07, 6.45) is 6.24. The van der Waals surface area contributed by atoms with Crippen LogP contribution in [0.5, 0.6) is 0 Å². The Morgan fingerprint density at radius 1 is 1.05 bits per heavy atom. The van der Waals surface area contributed by atoms with Crippen molar-refractivity contribution in [3.05, 3.63) is 75.4 Å². The molecule has 0 aliphatic carbocycles. The van der Waals surface area contributed by atoms with E-state index in [0.29, 0.717) is 17.1 Å². The first-order valence-corrected chi connectivity index (χ1v) is 13.4. The zero-order chi connectivity index (χ0) is 27.5. The van der Waals surface area contributed by atoms with Crippen LogP contribution in [-0.4, -0.2) is 48.6 Å². The molecule has 0 bridgehead atoms. The number of nitrogens with zero attached hydrogens (tertiary/aromatic N) is 5. The summed E-state index contributed by atoms with van der Waals surface area (Å²) in [6, 6.07) is 12.9. The summed E-state index contributed by atoms with van der Waals surface area (Å²) in [7, 11) is 0. The minimum atomic E-state index is 0.661. The van der Waals surface area contributed by atoms with Crippen molar-refractivity contribution in [3.8, 4) is 0 Å². The number of aromatic nitrogens is 2. The predicted octanol–water partition coefficient (Wildman–Crippen LogP) is 4.52. The van der Waals surface area contributed by atoms with E-state index < -0.39 is 0 Å². The van der Waals surface area contributed by atoms with Gasteiger partial charge < -0.3 is 15.5 Å². The van der Waals surface area contributed by atoms with Crippen molar-refractivity contribution in [1.82, 2.24) is 15.3 Å². The molecule has 2 N–H and O–H groups in total. The largest absolute Gasteiger partial charge is 0.338 e. The van der Waals surface area contributed by atoms with Crippen LogP contribution in [0.15, 0.2) is 52.6 Å². The Morgan fingerprint density at radius 3 is 2.50 bits per heavy atom. The lowest BCUT2D eigenvalue weighted by Crippen LogP contribution is -2.45. The van der Waals surface area contributed by atoms with Crippen LogP contribution in [0.3, 0.4) is 0 Å². The van der Waals surface area contributed by atoms with E-state index in [9.17, 15) is 0 Å². The van der Waals surface area contributed by atoms with Gasteiger partial charge in [0.1, 0.15) is 5.35 Å². The summed E-state index contributed by atoms with van der Waals surface area (Å²) < 4.78 is 0. The fraction of sp³-hybridized carbons (Fsp3) is 0.355. The number of hydrogen-bond acceptors (Lipinski definition) is 7. The Bertz CT molecular complexity index is 1390. The SMILES string of the molecule is C=c1cnc(N2CCNCC2)n/c1=C(/N=C\C)Nc1ccc(Cc2ccc(C)c(N=CC)c2)c(C)c1.CC. The molecule has 0 spiro atoms. The Balaban J connectivity index is 0.00000195. The van der Waals surface area contributed by atoms with E-state index in [1.807, 2.05) is 33.9 Å². The lowest BCUT2D eigenvalue weighted by Gasteiger charge is -2.27. The van der Waals surface area contributed by atoms with Crippen molar-refractivity contribution in [2.24, 2.45) is 9.98 Å². The smallest absolute Gasteiger partial charge is 0.226 e. The van der Waals surface area contributed by atoms with E-state index in [4.69, 9.17) is 4.98 Å². The van der Waals surface area contributed by atoms with Gasteiger partial charge in [0.25, 0.3) is 0 Å². The molecule has 200 valence electrons. The van der Waals surface area contributed by atoms with Crippen molar-refractivity contribution < 1.29 is 0 Å². The quantitative estimate of drug-likeness (QED) is 0.456. The van der Waals surface area contributed by atoms with Gasteiger partial charge in [0.05, 0.1) is 5.69 Å². The molecule has 38 heavy (non-hydrogen) atoms. The fourth-order valence-electron chi connectivity index (χ4n) is 4.27. The van der Waals surface area contributed by atoms with Crippen LogP contribution in [0, 0.1) is 13.8 Å². The average molecular weight is 512 g/mol. The van der Waals surface area contributed by atoms with Crippen LogP contribution in [0.2, 0.25) is 0 Å². The summed E-state index contributed by atoms with van der Waals surface area (Å²) in [5, 5.41) is 8.28. The minimum Gasteiger partial charge on any atom is -0.338 e. The third kappa shape index (κ3) is 7.35. The molecule has 1 aliphatic rings. The Labute approximate surface area is 227 Å². The van der Waals surface area contributed by atoms with E-state index in [2.05, 4.69) is 87.3 Å². The average Bonchev–Trinajstić information content (AvgIpc) is 2.94. The molecule has 1 aromatic heterocycles. The highest BCUT2D eigenvalue weighted by atomic mass is 15.3. The molecule has 1 fully saturated rings. The standard InChI is InChI=1S/C29H35N7.C2H6/c1-6-31-26-18-23(9-8-20(26)3)17-24-10-11-25(16-21(24)4)34-28(32-7-2)27-22(5)19-33-29(35-27)36-14-12-30-13-15-36;1-2/h6-11,16,18-19,30,34H,5,12-15,17H2,1-4H3;1-2H3/b28-27-,31-6?,32-7-;. The maximum Gasteiger partial charge on any atom is 0.226 e. The molecule has 0 radical (unpaired) electrons. The Morgan fingerprint density at radius 2 is 1.82 bits per heavy atom. The van der Waals surface area contributed by atoms with Crippen molar-refractivity contribution >= 4 is 42.2 Å². The van der Waals surface area contributed by atoms with E-state index in [1.54, 1.807) is 12.4 Å². The van der Waals surface area contributed by atoms with Crippen molar-refractivity contribution in [3.63, 3.8) is 0 Å². The van der Waals surface area contributed by atoms with Gasteiger partial charge in [-0.25, -0.2) is 15.0 Å². The first-order valence-electron chi connectivity index (χ1n) is 13.4. The molecule has 3 aromatic rings. The lowest BCUT2D eigenvalue weighted by molar-refractivity contribution is 0.579. The van der Waals surface area contributed by atoms with Gasteiger partial charge in [-0.05, 0) is 74.6 Å². The van der Waals surface area contributed by atoms with E-state index in [-0.39, 0.29) is 0 Å². The summed E-state index contributed by atoms with van der Waals surface area (Å²) >= 11 is 0. The number of benzene rings is 2. The number of anilines is 2. The van der Waals surface area contributed by atoms with E-state index in [0.717, 1.165) is 49.2 Å². The van der Waals surface area contributed by atoms with Crippen LogP contribution in [0.4, 0.5) is 17.3 Å². The number of rotatable bonds is 7. The highest BCUT2D eigenvalue weighted by molar-refractivity contribution is 5.71. The number of aliphatic imine (C=N–C) groups is 2. The molecular formula is C31H41N7. The molecule has 4 rings (SSSR count). The van der Waals surface area contributed by atoms with Crippen molar-refractivity contribution in [2.45, 2.75) is 48.0 Å². The molecule has 7 heteroatoms. The molecule has 2 heterocycles. The zero-order valence-electron chi connectivity index (χ0n) is 23.7. The summed E-state index contributed by atoms with van der Waals surface area (Å²) in [4.78, 5) is 20.6. The predicted molar refractivity (Wildman–Crippen MR) is 163 cm³/mol.